The number of rotatable bonds is 41. The van der Waals surface area contributed by atoms with Crippen molar-refractivity contribution in [1.29, 1.82) is 0 Å². The van der Waals surface area contributed by atoms with E-state index < -0.39 is 36.5 Å². The summed E-state index contributed by atoms with van der Waals surface area (Å²) in [5.41, 5.74) is 0. The maximum Gasteiger partial charge on any atom is 0.508 e. The van der Waals surface area contributed by atoms with Crippen molar-refractivity contribution in [3.8, 4) is 0 Å². The zero-order valence-corrected chi connectivity index (χ0v) is 37.5. The molecule has 0 spiro atoms. The summed E-state index contributed by atoms with van der Waals surface area (Å²) in [7, 11) is 0. The molecule has 0 aliphatic rings. The molecule has 16 heteroatoms. The Morgan fingerprint density at radius 1 is 0.417 bits per heavy atom. The molecule has 0 aromatic rings. The van der Waals surface area contributed by atoms with Gasteiger partial charge in [0.05, 0.1) is 13.2 Å². The van der Waals surface area contributed by atoms with Crippen LogP contribution in [0.5, 0.6) is 0 Å². The number of hydrogen-bond acceptors (Lipinski definition) is 14. The second-order valence-electron chi connectivity index (χ2n) is 15.2. The molecule has 0 aromatic heterocycles. The van der Waals surface area contributed by atoms with E-state index in [1.54, 1.807) is 0 Å². The third kappa shape index (κ3) is 36.2. The largest absolute Gasteiger partial charge is 0.508 e. The fraction of sp³-hybridized carbons (Fsp3) is 0.864. The van der Waals surface area contributed by atoms with Crippen LogP contribution in [0.15, 0.2) is 0 Å². The quantitative estimate of drug-likeness (QED) is 0.0336. The van der Waals surface area contributed by atoms with Crippen molar-refractivity contribution in [3.63, 3.8) is 0 Å². The van der Waals surface area contributed by atoms with Crippen molar-refractivity contribution < 1.29 is 67.4 Å². The van der Waals surface area contributed by atoms with Crippen LogP contribution in [-0.4, -0.2) is 134 Å². The lowest BCUT2D eigenvalue weighted by Crippen LogP contribution is -2.39. The van der Waals surface area contributed by atoms with Crippen molar-refractivity contribution in [1.82, 2.24) is 9.80 Å². The van der Waals surface area contributed by atoms with E-state index in [-0.39, 0.29) is 50.8 Å². The third-order valence-electron chi connectivity index (χ3n) is 10.1. The van der Waals surface area contributed by atoms with Crippen LogP contribution in [0.25, 0.3) is 0 Å². The Morgan fingerprint density at radius 3 is 1.15 bits per heavy atom. The minimum absolute atomic E-state index is 0.0130. The average Bonchev–Trinajstić information content (AvgIpc) is 3.20. The van der Waals surface area contributed by atoms with Gasteiger partial charge in [0.25, 0.3) is 0 Å². The molecule has 0 aliphatic heterocycles. The van der Waals surface area contributed by atoms with Crippen molar-refractivity contribution in [2.75, 3.05) is 65.7 Å². The van der Waals surface area contributed by atoms with Gasteiger partial charge >= 0.3 is 36.2 Å². The maximum absolute atomic E-state index is 12.7. The maximum atomic E-state index is 12.7. The van der Waals surface area contributed by atoms with Gasteiger partial charge in [0.2, 0.25) is 0 Å². The fourth-order valence-electron chi connectivity index (χ4n) is 6.38. The topological polar surface area (TPSA) is 205 Å². The van der Waals surface area contributed by atoms with E-state index in [0.717, 1.165) is 83.8 Å². The van der Waals surface area contributed by atoms with Gasteiger partial charge in [-0.15, -0.1) is 0 Å². The second-order valence-corrected chi connectivity index (χ2v) is 15.2. The standard InChI is InChI=1S/C44H80N2O14/c1-5-9-11-13-15-33-55-41(51)27-19-23-37(21-17-25-39(47)48)59-43(53)57-35-31-46(30-29-45(7-3)8-4)32-36-58-44(54)60-38(22-18-26-40(49)50)24-20-28-42(52)56-34-16-14-12-10-6-2/h37-38H,5-36H2,1-4H3,(H,47,48)(H,49,50). The average molecular weight is 861 g/mol. The zero-order chi connectivity index (χ0) is 44.6. The van der Waals surface area contributed by atoms with Gasteiger partial charge in [-0.05, 0) is 77.3 Å². The highest BCUT2D eigenvalue weighted by Gasteiger charge is 2.20. The molecule has 2 N–H and O–H groups in total. The van der Waals surface area contributed by atoms with E-state index >= 15 is 0 Å². The SMILES string of the molecule is CCCCCCCOC(=O)CCCC(CCCC(=O)O)OC(=O)OCCN(CCOC(=O)OC(CCCC(=O)O)CCCC(=O)OCCCCCCC)CCN(CC)CC. The van der Waals surface area contributed by atoms with E-state index in [1.807, 2.05) is 4.90 Å². The molecule has 0 aromatic carbocycles. The normalized spacial score (nSPS) is 12.2. The summed E-state index contributed by atoms with van der Waals surface area (Å²) >= 11 is 0. The Labute approximate surface area is 359 Å². The highest BCUT2D eigenvalue weighted by molar-refractivity contribution is 5.69. The fourth-order valence-corrected chi connectivity index (χ4v) is 6.38. The second kappa shape index (κ2) is 39.5. The van der Waals surface area contributed by atoms with Gasteiger partial charge in [0, 0.05) is 51.9 Å². The summed E-state index contributed by atoms with van der Waals surface area (Å²) < 4.78 is 32.6. The van der Waals surface area contributed by atoms with Gasteiger partial charge in [-0.2, -0.15) is 0 Å². The minimum Gasteiger partial charge on any atom is -0.481 e. The Hall–Kier alpha value is -3.66. The molecule has 0 heterocycles. The number of carbonyl (C=O) groups excluding carboxylic acids is 4. The first-order valence-corrected chi connectivity index (χ1v) is 22.8. The van der Waals surface area contributed by atoms with Crippen molar-refractivity contribution in [2.45, 2.75) is 181 Å². The summed E-state index contributed by atoms with van der Waals surface area (Å²) in [6.07, 6.45) is 10.4. The highest BCUT2D eigenvalue weighted by atomic mass is 16.7. The molecular formula is C44H80N2O14. The van der Waals surface area contributed by atoms with E-state index in [1.165, 1.54) is 0 Å². The lowest BCUT2D eigenvalue weighted by atomic mass is 10.1. The van der Waals surface area contributed by atoms with E-state index in [9.17, 15) is 28.8 Å². The third-order valence-corrected chi connectivity index (χ3v) is 10.1. The van der Waals surface area contributed by atoms with Gasteiger partial charge in [-0.3, -0.25) is 24.1 Å². The highest BCUT2D eigenvalue weighted by Crippen LogP contribution is 2.16. The van der Waals surface area contributed by atoms with Crippen LogP contribution in [-0.2, 0) is 47.6 Å². The molecule has 2 unspecified atom stereocenters. The van der Waals surface area contributed by atoms with Crippen LogP contribution >= 0.6 is 0 Å². The van der Waals surface area contributed by atoms with Crippen molar-refractivity contribution in [2.24, 2.45) is 0 Å². The monoisotopic (exact) mass is 861 g/mol. The molecule has 0 amide bonds. The number of likely N-dealkylation sites (N-methyl/N-ethyl adjacent to an activating group) is 1. The summed E-state index contributed by atoms with van der Waals surface area (Å²) in [5.74, 6) is -2.52. The molecule has 0 saturated carbocycles. The van der Waals surface area contributed by atoms with Gasteiger partial charge in [0.1, 0.15) is 25.4 Å². The Morgan fingerprint density at radius 2 is 0.783 bits per heavy atom. The van der Waals surface area contributed by atoms with Crippen LogP contribution in [0.1, 0.15) is 169 Å². The number of unbranched alkanes of at least 4 members (excludes halogenated alkanes) is 8. The summed E-state index contributed by atoms with van der Waals surface area (Å²) in [6, 6.07) is 0. The number of esters is 2. The molecular weight excluding hydrogens is 780 g/mol. The zero-order valence-electron chi connectivity index (χ0n) is 37.5. The predicted molar refractivity (Wildman–Crippen MR) is 227 cm³/mol. The Balaban J connectivity index is 5.05. The van der Waals surface area contributed by atoms with Gasteiger partial charge in [-0.1, -0.05) is 79.1 Å². The van der Waals surface area contributed by atoms with Crippen molar-refractivity contribution >= 4 is 36.2 Å². The molecule has 0 radical (unpaired) electrons. The summed E-state index contributed by atoms with van der Waals surface area (Å²) in [4.78, 5) is 76.3. The number of carbonyl (C=O) groups is 6. The number of ether oxygens (including phenoxy) is 6. The van der Waals surface area contributed by atoms with Crippen LogP contribution in [0.3, 0.4) is 0 Å². The Bertz CT molecular complexity index is 1060. The van der Waals surface area contributed by atoms with Crippen molar-refractivity contribution in [3.05, 3.63) is 0 Å². The van der Waals surface area contributed by atoms with E-state index in [4.69, 9.17) is 38.6 Å². The first-order chi connectivity index (χ1) is 28.9. The van der Waals surface area contributed by atoms with E-state index in [0.29, 0.717) is 84.2 Å². The molecule has 0 saturated heterocycles. The summed E-state index contributed by atoms with van der Waals surface area (Å²) in [5, 5.41) is 18.2. The lowest BCUT2D eigenvalue weighted by Gasteiger charge is -2.26. The van der Waals surface area contributed by atoms with Crippen LogP contribution in [0.2, 0.25) is 0 Å². The molecule has 350 valence electrons. The molecule has 16 nitrogen and oxygen atoms in total. The number of nitrogens with zero attached hydrogens (tertiary/aromatic N) is 2. The van der Waals surface area contributed by atoms with E-state index in [2.05, 4.69) is 32.6 Å². The number of hydrogen-bond donors (Lipinski definition) is 2. The van der Waals surface area contributed by atoms with Gasteiger partial charge < -0.3 is 43.5 Å². The molecule has 0 bridgehead atoms. The summed E-state index contributed by atoms with van der Waals surface area (Å²) in [6.45, 7) is 12.8. The predicted octanol–water partition coefficient (Wildman–Crippen LogP) is 8.55. The Kier molecular flexibility index (Phi) is 37.1. The van der Waals surface area contributed by atoms with Crippen LogP contribution < -0.4 is 0 Å². The molecule has 0 fully saturated rings. The smallest absolute Gasteiger partial charge is 0.481 e. The molecule has 0 rings (SSSR count). The molecule has 60 heavy (non-hydrogen) atoms. The number of carboxylic acid groups (broad SMARTS) is 2. The van der Waals surface area contributed by atoms with Crippen LogP contribution in [0.4, 0.5) is 9.59 Å². The first kappa shape index (κ1) is 56.3. The lowest BCUT2D eigenvalue weighted by molar-refractivity contribution is -0.145. The molecule has 0 aliphatic carbocycles. The molecule has 2 atom stereocenters. The first-order valence-electron chi connectivity index (χ1n) is 22.8. The van der Waals surface area contributed by atoms with Crippen LogP contribution in [0, 0.1) is 0 Å². The number of aliphatic carboxylic acids is 2. The minimum atomic E-state index is -0.950. The number of carboxylic acids is 2. The van der Waals surface area contributed by atoms with Gasteiger partial charge in [0.15, 0.2) is 0 Å². The van der Waals surface area contributed by atoms with Gasteiger partial charge in [-0.25, -0.2) is 9.59 Å².